The SMILES string of the molecule is CC(C)(C)C(N)CCNCC1CCOC1. The zero-order valence-electron chi connectivity index (χ0n) is 10.4. The van der Waals surface area contributed by atoms with Gasteiger partial charge in [0.1, 0.15) is 0 Å². The molecule has 0 spiro atoms. The lowest BCUT2D eigenvalue weighted by molar-refractivity contribution is 0.185. The first-order valence-electron chi connectivity index (χ1n) is 6.04. The number of hydrogen-bond donors (Lipinski definition) is 2. The van der Waals surface area contributed by atoms with Crippen LogP contribution in [0.3, 0.4) is 0 Å². The Morgan fingerprint density at radius 1 is 1.47 bits per heavy atom. The van der Waals surface area contributed by atoms with Crippen LogP contribution in [0.15, 0.2) is 0 Å². The van der Waals surface area contributed by atoms with Crippen LogP contribution >= 0.6 is 0 Å². The molecule has 0 aliphatic carbocycles. The summed E-state index contributed by atoms with van der Waals surface area (Å²) in [6.45, 7) is 10.6. The highest BCUT2D eigenvalue weighted by Gasteiger charge is 2.20. The normalized spacial score (nSPS) is 24.4. The first-order chi connectivity index (χ1) is 7.00. The van der Waals surface area contributed by atoms with Crippen molar-refractivity contribution in [2.75, 3.05) is 26.3 Å². The van der Waals surface area contributed by atoms with Gasteiger partial charge in [-0.15, -0.1) is 0 Å². The molecule has 0 aromatic heterocycles. The lowest BCUT2D eigenvalue weighted by Crippen LogP contribution is -2.38. The van der Waals surface area contributed by atoms with Crippen molar-refractivity contribution in [3.63, 3.8) is 0 Å². The van der Waals surface area contributed by atoms with Crippen LogP contribution in [-0.4, -0.2) is 32.3 Å². The molecule has 0 saturated carbocycles. The van der Waals surface area contributed by atoms with Gasteiger partial charge in [0.15, 0.2) is 0 Å². The van der Waals surface area contributed by atoms with Crippen molar-refractivity contribution in [3.8, 4) is 0 Å². The molecule has 0 aromatic rings. The van der Waals surface area contributed by atoms with Gasteiger partial charge < -0.3 is 15.8 Å². The first-order valence-corrected chi connectivity index (χ1v) is 6.04. The van der Waals surface area contributed by atoms with Crippen LogP contribution in [-0.2, 0) is 4.74 Å². The summed E-state index contributed by atoms with van der Waals surface area (Å²) in [5.41, 5.74) is 6.30. The van der Waals surface area contributed by atoms with E-state index < -0.39 is 0 Å². The topological polar surface area (TPSA) is 47.3 Å². The molecule has 3 N–H and O–H groups in total. The highest BCUT2D eigenvalue weighted by atomic mass is 16.5. The highest BCUT2D eigenvalue weighted by Crippen LogP contribution is 2.19. The van der Waals surface area contributed by atoms with Gasteiger partial charge in [0.2, 0.25) is 0 Å². The Bertz CT molecular complexity index is 171. The molecule has 1 aliphatic heterocycles. The fraction of sp³-hybridized carbons (Fsp3) is 1.00. The molecule has 0 amide bonds. The predicted octanol–water partition coefficient (Wildman–Crippen LogP) is 1.38. The molecular formula is C12H26N2O. The smallest absolute Gasteiger partial charge is 0.0507 e. The number of hydrogen-bond acceptors (Lipinski definition) is 3. The van der Waals surface area contributed by atoms with Gasteiger partial charge in [0.25, 0.3) is 0 Å². The lowest BCUT2D eigenvalue weighted by atomic mass is 9.85. The third kappa shape index (κ3) is 4.96. The van der Waals surface area contributed by atoms with E-state index in [0.717, 1.165) is 38.6 Å². The van der Waals surface area contributed by atoms with Crippen LogP contribution in [0, 0.1) is 11.3 Å². The molecular weight excluding hydrogens is 188 g/mol. The van der Waals surface area contributed by atoms with Crippen LogP contribution in [0.4, 0.5) is 0 Å². The summed E-state index contributed by atoms with van der Waals surface area (Å²) in [5.74, 6) is 0.718. The van der Waals surface area contributed by atoms with Crippen molar-refractivity contribution in [2.45, 2.75) is 39.7 Å². The largest absolute Gasteiger partial charge is 0.381 e. The standard InChI is InChI=1S/C12H26N2O/c1-12(2,3)11(13)4-6-14-8-10-5-7-15-9-10/h10-11,14H,4-9,13H2,1-3H3. The molecule has 90 valence electrons. The van der Waals surface area contributed by atoms with Crippen LogP contribution in [0.5, 0.6) is 0 Å². The molecule has 3 heteroatoms. The summed E-state index contributed by atoms with van der Waals surface area (Å²) in [6.07, 6.45) is 2.26. The fourth-order valence-electron chi connectivity index (χ4n) is 1.74. The van der Waals surface area contributed by atoms with E-state index >= 15 is 0 Å². The van der Waals surface area contributed by atoms with Crippen molar-refractivity contribution in [1.29, 1.82) is 0 Å². The predicted molar refractivity (Wildman–Crippen MR) is 63.8 cm³/mol. The Morgan fingerprint density at radius 3 is 2.73 bits per heavy atom. The Hall–Kier alpha value is -0.120. The van der Waals surface area contributed by atoms with E-state index in [9.17, 15) is 0 Å². The van der Waals surface area contributed by atoms with Crippen LogP contribution in [0.25, 0.3) is 0 Å². The highest BCUT2D eigenvalue weighted by molar-refractivity contribution is 4.77. The van der Waals surface area contributed by atoms with Crippen LogP contribution in [0.1, 0.15) is 33.6 Å². The molecule has 1 saturated heterocycles. The van der Waals surface area contributed by atoms with Gasteiger partial charge in [-0.3, -0.25) is 0 Å². The molecule has 1 fully saturated rings. The van der Waals surface area contributed by atoms with E-state index in [1.54, 1.807) is 0 Å². The van der Waals surface area contributed by atoms with Crippen molar-refractivity contribution >= 4 is 0 Å². The zero-order chi connectivity index (χ0) is 11.3. The minimum Gasteiger partial charge on any atom is -0.381 e. The quantitative estimate of drug-likeness (QED) is 0.680. The molecule has 2 unspecified atom stereocenters. The second-order valence-electron chi connectivity index (χ2n) is 5.69. The van der Waals surface area contributed by atoms with Gasteiger partial charge in [0.05, 0.1) is 6.61 Å². The maximum atomic E-state index is 6.08. The van der Waals surface area contributed by atoms with E-state index in [4.69, 9.17) is 10.5 Å². The lowest BCUT2D eigenvalue weighted by Gasteiger charge is -2.27. The third-order valence-corrected chi connectivity index (χ3v) is 3.20. The minimum absolute atomic E-state index is 0.220. The Kier molecular flexibility index (Phi) is 5.03. The number of nitrogens with two attached hydrogens (primary N) is 1. The summed E-state index contributed by atoms with van der Waals surface area (Å²) in [6, 6.07) is 0.282. The van der Waals surface area contributed by atoms with Gasteiger partial charge in [-0.2, -0.15) is 0 Å². The molecule has 2 atom stereocenters. The number of ether oxygens (including phenoxy) is 1. The Balaban J connectivity index is 2.01. The van der Waals surface area contributed by atoms with Gasteiger partial charge in [-0.05, 0) is 30.7 Å². The molecule has 1 rings (SSSR count). The number of nitrogens with one attached hydrogen (secondary N) is 1. The second-order valence-corrected chi connectivity index (χ2v) is 5.69. The van der Waals surface area contributed by atoms with E-state index in [-0.39, 0.29) is 11.5 Å². The average molecular weight is 214 g/mol. The molecule has 3 nitrogen and oxygen atoms in total. The molecule has 0 radical (unpaired) electrons. The molecule has 0 aromatic carbocycles. The average Bonchev–Trinajstić information content (AvgIpc) is 2.63. The van der Waals surface area contributed by atoms with Gasteiger partial charge in [-0.1, -0.05) is 20.8 Å². The first kappa shape index (κ1) is 12.9. The zero-order valence-corrected chi connectivity index (χ0v) is 10.4. The van der Waals surface area contributed by atoms with Crippen molar-refractivity contribution in [1.82, 2.24) is 5.32 Å². The second kappa shape index (κ2) is 5.83. The molecule has 15 heavy (non-hydrogen) atoms. The van der Waals surface area contributed by atoms with Gasteiger partial charge >= 0.3 is 0 Å². The minimum atomic E-state index is 0.220. The van der Waals surface area contributed by atoms with Gasteiger partial charge in [0, 0.05) is 19.2 Å². The van der Waals surface area contributed by atoms with E-state index in [2.05, 4.69) is 26.1 Å². The van der Waals surface area contributed by atoms with E-state index in [1.807, 2.05) is 0 Å². The summed E-state index contributed by atoms with van der Waals surface area (Å²) in [4.78, 5) is 0. The van der Waals surface area contributed by atoms with Crippen LogP contribution < -0.4 is 11.1 Å². The fourth-order valence-corrected chi connectivity index (χ4v) is 1.74. The van der Waals surface area contributed by atoms with Crippen LogP contribution in [0.2, 0.25) is 0 Å². The third-order valence-electron chi connectivity index (χ3n) is 3.20. The van der Waals surface area contributed by atoms with Crippen molar-refractivity contribution in [2.24, 2.45) is 17.1 Å². The summed E-state index contributed by atoms with van der Waals surface area (Å²) < 4.78 is 5.32. The summed E-state index contributed by atoms with van der Waals surface area (Å²) >= 11 is 0. The summed E-state index contributed by atoms with van der Waals surface area (Å²) in [7, 11) is 0. The van der Waals surface area contributed by atoms with Gasteiger partial charge in [-0.25, -0.2) is 0 Å². The van der Waals surface area contributed by atoms with Crippen molar-refractivity contribution in [3.05, 3.63) is 0 Å². The summed E-state index contributed by atoms with van der Waals surface area (Å²) in [5, 5.41) is 3.47. The molecule has 0 bridgehead atoms. The Morgan fingerprint density at radius 2 is 2.20 bits per heavy atom. The van der Waals surface area contributed by atoms with E-state index in [1.165, 1.54) is 6.42 Å². The maximum Gasteiger partial charge on any atom is 0.0507 e. The van der Waals surface area contributed by atoms with Crippen molar-refractivity contribution < 1.29 is 4.74 Å². The molecule has 1 heterocycles. The molecule has 1 aliphatic rings. The monoisotopic (exact) mass is 214 g/mol. The maximum absolute atomic E-state index is 6.08. The van der Waals surface area contributed by atoms with E-state index in [0.29, 0.717) is 0 Å². The Labute approximate surface area is 93.8 Å². The number of rotatable bonds is 5.